The monoisotopic (exact) mass is 252 g/mol. The summed E-state index contributed by atoms with van der Waals surface area (Å²) in [4.78, 5) is 23.7. The van der Waals surface area contributed by atoms with Gasteiger partial charge in [-0.15, -0.1) is 13.2 Å². The van der Waals surface area contributed by atoms with Crippen LogP contribution in [0.2, 0.25) is 0 Å². The Bertz CT molecular complexity index is 495. The number of nitrogens with two attached hydrogens (primary N) is 1. The number of carboxylic acid groups (broad SMARTS) is 1. The number of aromatic carboxylic acids is 1. The van der Waals surface area contributed by atoms with E-state index in [2.05, 4.69) is 4.74 Å². The van der Waals surface area contributed by atoms with Crippen LogP contribution >= 0.6 is 0 Å². The lowest BCUT2D eigenvalue weighted by atomic mass is 10.1. The third-order valence-corrected chi connectivity index (χ3v) is 1.80. The maximum Gasteiger partial charge on any atom is 0.573 e. The molecule has 4 N–H and O–H groups in total. The predicted molar refractivity (Wildman–Crippen MR) is 48.6 cm³/mol. The zero-order valence-corrected chi connectivity index (χ0v) is 8.17. The molecule has 0 fully saturated rings. The summed E-state index contributed by atoms with van der Waals surface area (Å²) < 4.78 is 39.5. The van der Waals surface area contributed by atoms with Gasteiger partial charge < -0.3 is 20.6 Å². The highest BCUT2D eigenvalue weighted by Gasteiger charge is 2.33. The Morgan fingerprint density at radius 1 is 1.53 bits per heavy atom. The molecule has 1 aromatic heterocycles. The van der Waals surface area contributed by atoms with Gasteiger partial charge in [0, 0.05) is 18.3 Å². The van der Waals surface area contributed by atoms with Gasteiger partial charge in [-0.1, -0.05) is 0 Å². The zero-order valence-electron chi connectivity index (χ0n) is 8.17. The van der Waals surface area contributed by atoms with E-state index in [4.69, 9.17) is 10.8 Å². The summed E-state index contributed by atoms with van der Waals surface area (Å²) in [5, 5.41) is 8.69. The Morgan fingerprint density at radius 3 is 2.53 bits per heavy atom. The van der Waals surface area contributed by atoms with Gasteiger partial charge in [0.15, 0.2) is 5.75 Å². The number of pyridine rings is 1. The second-order valence-electron chi connectivity index (χ2n) is 2.89. The Balaban J connectivity index is 3.39. The Morgan fingerprint density at radius 2 is 2.12 bits per heavy atom. The van der Waals surface area contributed by atoms with E-state index in [1.807, 2.05) is 4.98 Å². The molecule has 0 bridgehead atoms. The molecule has 0 saturated carbocycles. The van der Waals surface area contributed by atoms with Gasteiger partial charge in [0.1, 0.15) is 5.56 Å². The van der Waals surface area contributed by atoms with Crippen molar-refractivity contribution in [3.8, 4) is 5.75 Å². The van der Waals surface area contributed by atoms with E-state index in [9.17, 15) is 22.8 Å². The number of aromatic nitrogens is 1. The molecule has 1 rings (SSSR count). The van der Waals surface area contributed by atoms with Crippen LogP contribution in [-0.2, 0) is 6.54 Å². The van der Waals surface area contributed by atoms with Crippen LogP contribution in [0.15, 0.2) is 11.0 Å². The van der Waals surface area contributed by atoms with E-state index in [1.54, 1.807) is 0 Å². The van der Waals surface area contributed by atoms with Gasteiger partial charge >= 0.3 is 12.3 Å². The normalized spacial score (nSPS) is 11.3. The number of rotatable bonds is 3. The first-order valence-electron chi connectivity index (χ1n) is 4.20. The van der Waals surface area contributed by atoms with Gasteiger partial charge in [-0.3, -0.25) is 4.79 Å². The lowest BCUT2D eigenvalue weighted by Crippen LogP contribution is -2.25. The molecule has 0 aromatic carbocycles. The fourth-order valence-corrected chi connectivity index (χ4v) is 1.20. The molecule has 0 saturated heterocycles. The van der Waals surface area contributed by atoms with E-state index in [-0.39, 0.29) is 0 Å². The fraction of sp³-hybridized carbons (Fsp3) is 0.250. The molecule has 9 heteroatoms. The standard InChI is InChI=1S/C8H7F3N2O4/c9-8(10,11)17-4-2-13-6(14)5(7(15)16)3(4)1-12/h2H,1,12H2,(H,13,14)(H,15,16). The van der Waals surface area contributed by atoms with Crippen molar-refractivity contribution in [2.75, 3.05) is 0 Å². The van der Waals surface area contributed by atoms with Crippen molar-refractivity contribution in [2.45, 2.75) is 12.9 Å². The van der Waals surface area contributed by atoms with E-state index < -0.39 is 41.3 Å². The van der Waals surface area contributed by atoms with Gasteiger partial charge in [0.05, 0.1) is 0 Å². The molecule has 6 nitrogen and oxygen atoms in total. The molecule has 0 aliphatic carbocycles. The fourth-order valence-electron chi connectivity index (χ4n) is 1.20. The smallest absolute Gasteiger partial charge is 0.477 e. The molecule has 0 aliphatic heterocycles. The molecular formula is C8H7F3N2O4. The number of hydrogen-bond acceptors (Lipinski definition) is 4. The van der Waals surface area contributed by atoms with Crippen molar-refractivity contribution in [3.05, 3.63) is 27.7 Å². The summed E-state index contributed by atoms with van der Waals surface area (Å²) in [5.74, 6) is -2.52. The Labute approximate surface area is 91.8 Å². The van der Waals surface area contributed by atoms with E-state index in [0.717, 1.165) is 0 Å². The molecule has 0 amide bonds. The van der Waals surface area contributed by atoms with Gasteiger partial charge in [-0.05, 0) is 0 Å². The molecule has 0 radical (unpaired) electrons. The average molecular weight is 252 g/mol. The van der Waals surface area contributed by atoms with Crippen LogP contribution in [-0.4, -0.2) is 22.4 Å². The van der Waals surface area contributed by atoms with Gasteiger partial charge in [0.2, 0.25) is 0 Å². The molecule has 1 heterocycles. The second kappa shape index (κ2) is 4.45. The van der Waals surface area contributed by atoms with E-state index >= 15 is 0 Å². The van der Waals surface area contributed by atoms with Crippen LogP contribution in [0.25, 0.3) is 0 Å². The van der Waals surface area contributed by atoms with Crippen molar-refractivity contribution in [1.29, 1.82) is 0 Å². The molecule has 0 unspecified atom stereocenters. The predicted octanol–water partition coefficient (Wildman–Crippen LogP) is 0.430. The van der Waals surface area contributed by atoms with Crippen LogP contribution in [0.1, 0.15) is 15.9 Å². The van der Waals surface area contributed by atoms with Crippen LogP contribution < -0.4 is 16.0 Å². The number of carbonyl (C=O) groups is 1. The highest BCUT2D eigenvalue weighted by molar-refractivity contribution is 5.89. The number of carboxylic acids is 1. The van der Waals surface area contributed by atoms with Crippen LogP contribution in [0.5, 0.6) is 5.75 Å². The number of halogens is 3. The highest BCUT2D eigenvalue weighted by Crippen LogP contribution is 2.26. The minimum Gasteiger partial charge on any atom is -0.477 e. The van der Waals surface area contributed by atoms with Crippen LogP contribution in [0.4, 0.5) is 13.2 Å². The van der Waals surface area contributed by atoms with Gasteiger partial charge in [0.25, 0.3) is 5.56 Å². The quantitative estimate of drug-likeness (QED) is 0.723. The maximum atomic E-state index is 12.0. The summed E-state index contributed by atoms with van der Waals surface area (Å²) in [7, 11) is 0. The van der Waals surface area contributed by atoms with E-state index in [1.165, 1.54) is 0 Å². The van der Waals surface area contributed by atoms with Crippen molar-refractivity contribution >= 4 is 5.97 Å². The first kappa shape index (κ1) is 13.0. The SMILES string of the molecule is NCc1c(OC(F)(F)F)c[nH]c(=O)c1C(=O)O. The Kier molecular flexibility index (Phi) is 3.42. The second-order valence-corrected chi connectivity index (χ2v) is 2.89. The number of aromatic amines is 1. The Hall–Kier alpha value is -2.03. The number of H-pyrrole nitrogens is 1. The topological polar surface area (TPSA) is 105 Å². The molecule has 0 spiro atoms. The number of alkyl halides is 3. The third-order valence-electron chi connectivity index (χ3n) is 1.80. The average Bonchev–Trinajstić information content (AvgIpc) is 2.17. The molecule has 94 valence electrons. The molecule has 0 atom stereocenters. The first-order chi connectivity index (χ1) is 7.76. The number of hydrogen-bond donors (Lipinski definition) is 3. The number of ether oxygens (including phenoxy) is 1. The minimum atomic E-state index is -5.00. The molecule has 17 heavy (non-hydrogen) atoms. The van der Waals surface area contributed by atoms with Crippen molar-refractivity contribution in [1.82, 2.24) is 4.98 Å². The van der Waals surface area contributed by atoms with E-state index in [0.29, 0.717) is 6.20 Å². The van der Waals surface area contributed by atoms with Crippen molar-refractivity contribution in [2.24, 2.45) is 5.73 Å². The summed E-state index contributed by atoms with van der Waals surface area (Å²) in [6.07, 6.45) is -4.39. The van der Waals surface area contributed by atoms with Crippen molar-refractivity contribution in [3.63, 3.8) is 0 Å². The first-order valence-corrected chi connectivity index (χ1v) is 4.20. The summed E-state index contributed by atoms with van der Waals surface area (Å²) in [6.45, 7) is -0.572. The summed E-state index contributed by atoms with van der Waals surface area (Å²) in [5.41, 5.74) is 2.68. The van der Waals surface area contributed by atoms with Gasteiger partial charge in [-0.2, -0.15) is 0 Å². The third kappa shape index (κ3) is 2.97. The highest BCUT2D eigenvalue weighted by atomic mass is 19.4. The summed E-state index contributed by atoms with van der Waals surface area (Å²) >= 11 is 0. The van der Waals surface area contributed by atoms with Crippen LogP contribution in [0, 0.1) is 0 Å². The maximum absolute atomic E-state index is 12.0. The summed E-state index contributed by atoms with van der Waals surface area (Å²) in [6, 6.07) is 0. The zero-order chi connectivity index (χ0) is 13.2. The lowest BCUT2D eigenvalue weighted by Gasteiger charge is -2.13. The minimum absolute atomic E-state index is 0.515. The largest absolute Gasteiger partial charge is 0.573 e. The molecular weight excluding hydrogens is 245 g/mol. The van der Waals surface area contributed by atoms with Crippen molar-refractivity contribution < 1.29 is 27.8 Å². The molecule has 0 aliphatic rings. The lowest BCUT2D eigenvalue weighted by molar-refractivity contribution is -0.275. The molecule has 1 aromatic rings. The number of nitrogens with one attached hydrogen (secondary N) is 1. The van der Waals surface area contributed by atoms with Gasteiger partial charge in [-0.25, -0.2) is 4.79 Å². The van der Waals surface area contributed by atoms with Crippen LogP contribution in [0.3, 0.4) is 0 Å².